The van der Waals surface area contributed by atoms with Gasteiger partial charge in [0.1, 0.15) is 23.1 Å². The van der Waals surface area contributed by atoms with E-state index in [1.165, 1.54) is 0 Å². The highest BCUT2D eigenvalue weighted by Gasteiger charge is 2.38. The smallest absolute Gasteiger partial charge is 0.410 e. The number of ether oxygens (including phenoxy) is 1. The van der Waals surface area contributed by atoms with E-state index < -0.39 is 5.60 Å². The zero-order valence-corrected chi connectivity index (χ0v) is 67.6. The van der Waals surface area contributed by atoms with Gasteiger partial charge in [0.05, 0.1) is 16.7 Å². The summed E-state index contributed by atoms with van der Waals surface area (Å²) >= 11 is 4.98. The number of ketones is 3. The number of piperazine rings is 2. The number of thiophene rings is 3. The third-order valence-electron chi connectivity index (χ3n) is 21.6. The van der Waals surface area contributed by atoms with Gasteiger partial charge in [-0.15, -0.1) is 46.4 Å². The average molecular weight is 1580 g/mol. The predicted molar refractivity (Wildman–Crippen MR) is 444 cm³/mol. The van der Waals surface area contributed by atoms with Gasteiger partial charge in [-0.25, -0.2) is 44.3 Å². The molecule has 9 aromatic rings. The second kappa shape index (κ2) is 37.2. The van der Waals surface area contributed by atoms with Gasteiger partial charge >= 0.3 is 18.2 Å². The van der Waals surface area contributed by atoms with Crippen molar-refractivity contribution < 1.29 is 33.5 Å². The fourth-order valence-electron chi connectivity index (χ4n) is 14.5. The third kappa shape index (κ3) is 22.4. The van der Waals surface area contributed by atoms with Gasteiger partial charge in [-0.2, -0.15) is 0 Å². The number of amides is 5. The average Bonchev–Trinajstić information content (AvgIpc) is 1.78. The molecule has 5 amide bonds. The standard InChI is InChI=1S/C33H42N6O4S.C28H34N6O2S.C23H26N4OS.ClH/c1-32(2,3)43-31(42)39-15-13-38(14-16-39)30(41)37-11-9-33(4,10-12-37)20-29-35-21-25(22-36-29)27(40)19-24-18-23(7-8-26(24)34)28-6-5-17-44-28;1-28(6-10-33(11-7-28)27(36)34-12-8-30-9-13-34)17-26-31-18-22(19-32-26)24(35)16-21-15-20(4-5-23(21)29)25-3-2-14-37-25;1-23(6-8-25-9-7-23)13-22-26-14-18(15-27-22)20(28)12-17-11-16(4-5-19(17)24)21-3-2-10-29-21;/h5-8,17-18,21-22H,9-16,19-20,34H2,1-4H3;2-5,14-15,18-19,30H,6-13,16-17,29H2,1H3;2-5,10-11,14-15,25H,6-9,12-13,24H2,1H3;1H. The maximum Gasteiger partial charge on any atom is 0.410 e. The second-order valence-electron chi connectivity index (χ2n) is 31.6. The van der Waals surface area contributed by atoms with Gasteiger partial charge in [-0.05, 0) is 193 Å². The first-order valence-corrected chi connectivity index (χ1v) is 40.7. The molecular weight excluding hydrogens is 1480 g/mol. The highest BCUT2D eigenvalue weighted by atomic mass is 35.5. The van der Waals surface area contributed by atoms with E-state index in [0.29, 0.717) is 85.3 Å². The fourth-order valence-corrected chi connectivity index (χ4v) is 16.7. The van der Waals surface area contributed by atoms with Crippen molar-refractivity contribution in [2.24, 2.45) is 16.2 Å². The van der Waals surface area contributed by atoms with Crippen LogP contribution in [0.25, 0.3) is 31.3 Å². The molecule has 5 aliphatic heterocycles. The molecular formula is C84H103ClN16O7S3. The summed E-state index contributed by atoms with van der Waals surface area (Å²) in [4.78, 5) is 117. The third-order valence-corrected chi connectivity index (χ3v) is 24.4. The number of carbonyl (C=O) groups excluding carboxylic acids is 6. The van der Waals surface area contributed by atoms with E-state index in [2.05, 4.69) is 73.4 Å². The van der Waals surface area contributed by atoms with Crippen LogP contribution in [0.4, 0.5) is 31.4 Å². The van der Waals surface area contributed by atoms with Crippen LogP contribution in [0, 0.1) is 16.2 Å². The summed E-state index contributed by atoms with van der Waals surface area (Å²) in [6, 6.07) is 29.9. The summed E-state index contributed by atoms with van der Waals surface area (Å²) in [5, 5.41) is 12.8. The Hall–Kier alpha value is -9.57. The maximum atomic E-state index is 13.2. The summed E-state index contributed by atoms with van der Waals surface area (Å²) in [7, 11) is 0. The number of hydrogen-bond donors (Lipinski definition) is 5. The highest BCUT2D eigenvalue weighted by Crippen LogP contribution is 2.38. The Morgan fingerprint density at radius 1 is 0.414 bits per heavy atom. The van der Waals surface area contributed by atoms with Gasteiger partial charge in [-0.1, -0.05) is 57.2 Å². The Bertz CT molecular complexity index is 4600. The Morgan fingerprint density at radius 2 is 0.712 bits per heavy atom. The lowest BCUT2D eigenvalue weighted by molar-refractivity contribution is 0.0147. The van der Waals surface area contributed by atoms with E-state index in [0.717, 1.165) is 163 Å². The first-order chi connectivity index (χ1) is 52.8. The number of benzene rings is 3. The number of halogens is 1. The molecule has 0 bridgehead atoms. The van der Waals surface area contributed by atoms with Gasteiger partial charge in [-0.3, -0.25) is 14.4 Å². The van der Waals surface area contributed by atoms with E-state index in [-0.39, 0.29) is 83.4 Å². The van der Waals surface area contributed by atoms with Crippen molar-refractivity contribution >= 4 is 99.0 Å². The molecule has 0 unspecified atom stereocenters. The molecule has 8 N–H and O–H groups in total. The zero-order valence-electron chi connectivity index (χ0n) is 64.4. The number of carbonyl (C=O) groups is 6. The molecule has 14 rings (SSSR count). The summed E-state index contributed by atoms with van der Waals surface area (Å²) in [5.41, 5.74) is 27.1. The molecule has 27 heteroatoms. The van der Waals surface area contributed by atoms with Crippen LogP contribution in [0.2, 0.25) is 0 Å². The molecule has 6 aromatic heterocycles. The van der Waals surface area contributed by atoms with Gasteiger partial charge in [0.15, 0.2) is 17.3 Å². The number of nitrogens with one attached hydrogen (secondary N) is 2. The molecule has 0 saturated carbocycles. The molecule has 5 saturated heterocycles. The van der Waals surface area contributed by atoms with E-state index in [1.54, 1.807) is 76.1 Å². The van der Waals surface area contributed by atoms with Crippen LogP contribution in [0.5, 0.6) is 0 Å². The van der Waals surface area contributed by atoms with Gasteiger partial charge in [0.2, 0.25) is 0 Å². The number of piperidine rings is 3. The van der Waals surface area contributed by atoms with Crippen LogP contribution < -0.4 is 27.8 Å². The lowest BCUT2D eigenvalue weighted by Crippen LogP contribution is -2.56. The molecule has 0 spiro atoms. The minimum absolute atomic E-state index is 0. The maximum absolute atomic E-state index is 13.2. The minimum atomic E-state index is -0.540. The summed E-state index contributed by atoms with van der Waals surface area (Å²) in [6.45, 7) is 22.4. The number of rotatable bonds is 18. The van der Waals surface area contributed by atoms with Crippen LogP contribution in [-0.2, 0) is 43.3 Å². The van der Waals surface area contributed by atoms with Crippen molar-refractivity contribution in [3.8, 4) is 31.3 Å². The van der Waals surface area contributed by atoms with E-state index in [1.807, 2.05) is 135 Å². The number of nitrogens with zero attached hydrogens (tertiary/aromatic N) is 11. The molecule has 0 atom stereocenters. The molecule has 3 aromatic carbocycles. The molecule has 111 heavy (non-hydrogen) atoms. The van der Waals surface area contributed by atoms with Crippen molar-refractivity contribution in [2.45, 2.75) is 124 Å². The lowest BCUT2D eigenvalue weighted by Gasteiger charge is -2.42. The number of aromatic nitrogens is 6. The normalized spacial score (nSPS) is 16.7. The molecule has 586 valence electrons. The number of anilines is 3. The predicted octanol–water partition coefficient (Wildman–Crippen LogP) is 14.0. The van der Waals surface area contributed by atoms with Crippen LogP contribution in [-0.4, -0.2) is 187 Å². The number of nitrogen functional groups attached to an aromatic ring is 3. The van der Waals surface area contributed by atoms with E-state index >= 15 is 0 Å². The van der Waals surface area contributed by atoms with Crippen molar-refractivity contribution in [3.05, 3.63) is 195 Å². The monoisotopic (exact) mass is 1580 g/mol. The Morgan fingerprint density at radius 3 is 1.03 bits per heavy atom. The van der Waals surface area contributed by atoms with E-state index in [4.69, 9.17) is 21.9 Å². The lowest BCUT2D eigenvalue weighted by atomic mass is 9.77. The largest absolute Gasteiger partial charge is 0.444 e. The molecule has 0 aliphatic carbocycles. The minimum Gasteiger partial charge on any atom is -0.444 e. The first-order valence-electron chi connectivity index (χ1n) is 38.1. The Kier molecular flexibility index (Phi) is 27.6. The summed E-state index contributed by atoms with van der Waals surface area (Å²) in [5.74, 6) is 2.11. The Balaban J connectivity index is 0.000000167. The van der Waals surface area contributed by atoms with Crippen molar-refractivity contribution in [1.29, 1.82) is 0 Å². The number of nitrogens with two attached hydrogens (primary N) is 3. The van der Waals surface area contributed by atoms with Crippen LogP contribution in [0.15, 0.2) is 144 Å². The molecule has 5 fully saturated rings. The van der Waals surface area contributed by atoms with Gasteiger partial charge in [0, 0.05) is 186 Å². The Labute approximate surface area is 669 Å². The highest BCUT2D eigenvalue weighted by molar-refractivity contribution is 7.14. The first kappa shape index (κ1) is 82.4. The molecule has 11 heterocycles. The van der Waals surface area contributed by atoms with Crippen LogP contribution in [0.3, 0.4) is 0 Å². The summed E-state index contributed by atoms with van der Waals surface area (Å²) < 4.78 is 5.46. The number of hydrogen-bond acceptors (Lipinski definition) is 21. The van der Waals surface area contributed by atoms with Crippen LogP contribution in [0.1, 0.15) is 145 Å². The number of urea groups is 2. The SMILES string of the molecule is CC1(Cc2ncc(C(=O)Cc3cc(-c4cccs4)ccc3N)cn2)CCN(C(=O)N2CCN(C(=O)OC(C)(C)C)CC2)CC1.CC1(Cc2ncc(C(=O)Cc3cc(-c4cccs4)ccc3N)cn2)CCN(C(=O)N2CCNCC2)CC1.CC1(Cc2ncc(C(=O)Cc3cc(-c4cccs4)ccc3N)cn2)CCNCC1.Cl. The van der Waals surface area contributed by atoms with Crippen molar-refractivity contribution in [2.75, 3.05) is 109 Å². The molecule has 5 aliphatic rings. The van der Waals surface area contributed by atoms with E-state index in [9.17, 15) is 28.8 Å². The van der Waals surface area contributed by atoms with Gasteiger partial charge < -0.3 is 57.1 Å². The van der Waals surface area contributed by atoms with Crippen molar-refractivity contribution in [3.63, 3.8) is 0 Å². The zero-order chi connectivity index (χ0) is 77.6. The summed E-state index contributed by atoms with van der Waals surface area (Å²) in [6.07, 6.45) is 18.1. The van der Waals surface area contributed by atoms with Gasteiger partial charge in [0.25, 0.3) is 0 Å². The topological polar surface area (TPSA) is 307 Å². The van der Waals surface area contributed by atoms with Crippen LogP contribution >= 0.6 is 46.4 Å². The fraction of sp³-hybridized carbons (Fsp3) is 0.429. The number of likely N-dealkylation sites (tertiary alicyclic amines) is 2. The molecule has 23 nitrogen and oxygen atoms in total. The second-order valence-corrected chi connectivity index (χ2v) is 34.4. The number of Topliss-reactive ketones (excluding diaryl/α,β-unsaturated/α-hetero) is 3. The molecule has 0 radical (unpaired) electrons. The van der Waals surface area contributed by atoms with Crippen molar-refractivity contribution in [1.82, 2.24) is 65.0 Å². The quantitative estimate of drug-likeness (QED) is 0.0394.